The van der Waals surface area contributed by atoms with Crippen molar-refractivity contribution in [3.05, 3.63) is 72.3 Å². The molecule has 0 aliphatic rings. The summed E-state index contributed by atoms with van der Waals surface area (Å²) in [6, 6.07) is 7.31. The molecule has 29 heavy (non-hydrogen) atoms. The van der Waals surface area contributed by atoms with E-state index in [2.05, 4.69) is 10.5 Å². The fraction of sp³-hybridized carbons (Fsp3) is 0.235. The lowest BCUT2D eigenvalue weighted by Gasteiger charge is -2.06. The number of non-ortho nitro benzene ring substituents is 1. The normalized spacial score (nSPS) is 10.7. The number of hydrogen-bond donors (Lipinski definition) is 1. The molecule has 2 rings (SSSR count). The number of rotatable bonds is 10. The summed E-state index contributed by atoms with van der Waals surface area (Å²) in [6.45, 7) is 2.33. The minimum atomic E-state index is -0.780. The molecule has 2 aromatic rings. The fourth-order valence-corrected chi connectivity index (χ4v) is 2.26. The third kappa shape index (κ3) is 5.69. The molecule has 0 fully saturated rings. The van der Waals surface area contributed by atoms with Gasteiger partial charge in [0.1, 0.15) is 5.69 Å². The van der Waals surface area contributed by atoms with Crippen molar-refractivity contribution in [3.8, 4) is 5.75 Å². The molecule has 12 heteroatoms. The summed E-state index contributed by atoms with van der Waals surface area (Å²) in [7, 11) is 0. The maximum absolute atomic E-state index is 11.2. The van der Waals surface area contributed by atoms with Gasteiger partial charge in [-0.05, 0) is 24.6 Å². The van der Waals surface area contributed by atoms with Crippen molar-refractivity contribution in [2.75, 3.05) is 12.0 Å². The van der Waals surface area contributed by atoms with Crippen molar-refractivity contribution in [2.45, 2.75) is 19.8 Å². The Morgan fingerprint density at radius 1 is 1.00 bits per heavy atom. The van der Waals surface area contributed by atoms with Gasteiger partial charge in [0.05, 0.1) is 33.7 Å². The summed E-state index contributed by atoms with van der Waals surface area (Å²) in [5.74, 6) is 0.138. The summed E-state index contributed by atoms with van der Waals surface area (Å²) in [5.41, 5.74) is 1.53. The van der Waals surface area contributed by atoms with E-state index in [1.807, 2.05) is 6.92 Å². The van der Waals surface area contributed by atoms with Gasteiger partial charge >= 0.3 is 11.4 Å². The molecule has 0 amide bonds. The van der Waals surface area contributed by atoms with Crippen molar-refractivity contribution < 1.29 is 19.5 Å². The fourth-order valence-electron chi connectivity index (χ4n) is 2.26. The lowest BCUT2D eigenvalue weighted by atomic mass is 10.2. The van der Waals surface area contributed by atoms with Crippen LogP contribution in [0.15, 0.2) is 41.5 Å². The number of benzene rings is 2. The van der Waals surface area contributed by atoms with Crippen LogP contribution < -0.4 is 10.2 Å². The molecule has 0 saturated heterocycles. The largest absolute Gasteiger partial charge is 0.487 e. The molecule has 0 unspecified atom stereocenters. The van der Waals surface area contributed by atoms with Crippen LogP contribution in [0.1, 0.15) is 25.3 Å². The van der Waals surface area contributed by atoms with Crippen molar-refractivity contribution >= 4 is 29.0 Å². The number of nitrogens with one attached hydrogen (secondary N) is 1. The SMILES string of the molecule is CCCCOc1ccc(/C=N/Nc2ccc([N+](=O)[O-])cc2[N+](=O)[O-])cc1[N+](=O)[O-]. The maximum atomic E-state index is 11.2. The number of nitrogens with zero attached hydrogens (tertiary/aromatic N) is 4. The topological polar surface area (TPSA) is 163 Å². The van der Waals surface area contributed by atoms with Gasteiger partial charge in [-0.1, -0.05) is 13.3 Å². The van der Waals surface area contributed by atoms with E-state index in [9.17, 15) is 30.3 Å². The Hall–Kier alpha value is -4.09. The zero-order valence-electron chi connectivity index (χ0n) is 15.3. The Morgan fingerprint density at radius 3 is 2.34 bits per heavy atom. The molecule has 0 saturated carbocycles. The molecule has 0 heterocycles. The second-order valence-corrected chi connectivity index (χ2v) is 5.77. The predicted molar refractivity (Wildman–Crippen MR) is 104 cm³/mol. The molecular weight excluding hydrogens is 386 g/mol. The molecule has 0 bridgehead atoms. The van der Waals surface area contributed by atoms with Gasteiger partial charge in [-0.3, -0.25) is 35.8 Å². The molecule has 0 radical (unpaired) electrons. The molecule has 152 valence electrons. The maximum Gasteiger partial charge on any atom is 0.311 e. The lowest BCUT2D eigenvalue weighted by molar-refractivity contribution is -0.393. The number of unbranched alkanes of at least 4 members (excludes halogenated alkanes) is 1. The molecule has 0 aliphatic heterocycles. The van der Waals surface area contributed by atoms with Crippen molar-refractivity contribution in [3.63, 3.8) is 0 Å². The third-order valence-corrected chi connectivity index (χ3v) is 3.72. The molecular formula is C17H17N5O7. The van der Waals surface area contributed by atoms with Crippen LogP contribution in [0.3, 0.4) is 0 Å². The van der Waals surface area contributed by atoms with E-state index < -0.39 is 26.1 Å². The second-order valence-electron chi connectivity index (χ2n) is 5.77. The van der Waals surface area contributed by atoms with Gasteiger partial charge in [0, 0.05) is 17.7 Å². The zero-order valence-corrected chi connectivity index (χ0v) is 15.3. The van der Waals surface area contributed by atoms with Crippen LogP contribution in [0.2, 0.25) is 0 Å². The van der Waals surface area contributed by atoms with Crippen LogP contribution in [-0.2, 0) is 0 Å². The highest BCUT2D eigenvalue weighted by molar-refractivity contribution is 5.82. The monoisotopic (exact) mass is 403 g/mol. The predicted octanol–water partition coefficient (Wildman–Crippen LogP) is 4.04. The molecule has 0 spiro atoms. The first-order chi connectivity index (χ1) is 13.8. The van der Waals surface area contributed by atoms with E-state index in [1.165, 1.54) is 18.3 Å². The molecule has 2 aromatic carbocycles. The average molecular weight is 403 g/mol. The van der Waals surface area contributed by atoms with Gasteiger partial charge in [-0.15, -0.1) is 0 Å². The van der Waals surface area contributed by atoms with Crippen molar-refractivity contribution in [1.29, 1.82) is 0 Å². The van der Waals surface area contributed by atoms with Crippen LogP contribution in [0.5, 0.6) is 5.75 Å². The summed E-state index contributed by atoms with van der Waals surface area (Å²) < 4.78 is 5.41. The zero-order chi connectivity index (χ0) is 21.4. The number of nitro groups is 3. The average Bonchev–Trinajstić information content (AvgIpc) is 2.68. The van der Waals surface area contributed by atoms with E-state index in [-0.39, 0.29) is 17.1 Å². The highest BCUT2D eigenvalue weighted by Crippen LogP contribution is 2.29. The Kier molecular flexibility index (Phi) is 7.12. The van der Waals surface area contributed by atoms with Gasteiger partial charge in [0.25, 0.3) is 5.69 Å². The van der Waals surface area contributed by atoms with E-state index in [0.717, 1.165) is 31.0 Å². The number of ether oxygens (including phenoxy) is 1. The van der Waals surface area contributed by atoms with Crippen molar-refractivity contribution in [1.82, 2.24) is 0 Å². The summed E-state index contributed by atoms with van der Waals surface area (Å²) >= 11 is 0. The summed E-state index contributed by atoms with van der Waals surface area (Å²) in [5, 5.41) is 36.9. The standard InChI is InChI=1S/C17H17N5O7/c1-2-3-8-29-17-7-4-12(9-16(17)22(27)28)11-18-19-14-6-5-13(20(23)24)10-15(14)21(25)26/h4-7,9-11,19H,2-3,8H2,1H3/b18-11+. The van der Waals surface area contributed by atoms with E-state index in [0.29, 0.717) is 12.2 Å². The number of anilines is 1. The lowest BCUT2D eigenvalue weighted by Crippen LogP contribution is -2.01. The number of hydrazone groups is 1. The smallest absolute Gasteiger partial charge is 0.311 e. The van der Waals surface area contributed by atoms with Gasteiger partial charge in [0.15, 0.2) is 5.75 Å². The molecule has 0 aliphatic carbocycles. The number of hydrogen-bond acceptors (Lipinski definition) is 9. The second kappa shape index (κ2) is 9.73. The summed E-state index contributed by atoms with van der Waals surface area (Å²) in [6.07, 6.45) is 2.88. The van der Waals surface area contributed by atoms with Crippen LogP contribution in [0, 0.1) is 30.3 Å². The quantitative estimate of drug-likeness (QED) is 0.269. The Balaban J connectivity index is 2.20. The minimum Gasteiger partial charge on any atom is -0.487 e. The number of nitro benzene ring substituents is 3. The van der Waals surface area contributed by atoms with Crippen LogP contribution in [-0.4, -0.2) is 27.6 Å². The van der Waals surface area contributed by atoms with E-state index in [1.54, 1.807) is 6.07 Å². The third-order valence-electron chi connectivity index (χ3n) is 3.72. The Bertz CT molecular complexity index is 961. The first kappa shape index (κ1) is 21.2. The molecule has 0 atom stereocenters. The Labute approximate surface area is 164 Å². The van der Waals surface area contributed by atoms with Gasteiger partial charge < -0.3 is 4.74 Å². The van der Waals surface area contributed by atoms with E-state index in [4.69, 9.17) is 4.74 Å². The van der Waals surface area contributed by atoms with Crippen LogP contribution in [0.25, 0.3) is 0 Å². The molecule has 1 N–H and O–H groups in total. The molecule has 0 aromatic heterocycles. The van der Waals surface area contributed by atoms with Gasteiger partial charge in [-0.2, -0.15) is 5.10 Å². The van der Waals surface area contributed by atoms with Crippen LogP contribution in [0.4, 0.5) is 22.7 Å². The van der Waals surface area contributed by atoms with E-state index >= 15 is 0 Å². The van der Waals surface area contributed by atoms with Gasteiger partial charge in [-0.25, -0.2) is 0 Å². The highest BCUT2D eigenvalue weighted by Gasteiger charge is 2.19. The minimum absolute atomic E-state index is 0.0640. The first-order valence-electron chi connectivity index (χ1n) is 8.46. The first-order valence-corrected chi connectivity index (χ1v) is 8.46. The Morgan fingerprint density at radius 2 is 1.72 bits per heavy atom. The van der Waals surface area contributed by atoms with Crippen LogP contribution >= 0.6 is 0 Å². The van der Waals surface area contributed by atoms with Gasteiger partial charge in [0.2, 0.25) is 0 Å². The highest BCUT2D eigenvalue weighted by atomic mass is 16.6. The summed E-state index contributed by atoms with van der Waals surface area (Å²) in [4.78, 5) is 31.0. The van der Waals surface area contributed by atoms with Crippen molar-refractivity contribution in [2.24, 2.45) is 5.10 Å². The molecule has 12 nitrogen and oxygen atoms in total.